The van der Waals surface area contributed by atoms with Gasteiger partial charge in [-0.25, -0.2) is 0 Å². The van der Waals surface area contributed by atoms with Crippen LogP contribution in [-0.2, 0) is 18.0 Å². The van der Waals surface area contributed by atoms with Crippen LogP contribution in [0, 0.1) is 0 Å². The number of benzene rings is 1. The molecule has 2 heterocycles. The van der Waals surface area contributed by atoms with E-state index >= 15 is 0 Å². The molecule has 4 nitrogen and oxygen atoms in total. The molecule has 2 aliphatic rings. The summed E-state index contributed by atoms with van der Waals surface area (Å²) in [6, 6.07) is 6.35. The molecule has 1 N–H and O–H groups in total. The second-order valence-electron chi connectivity index (χ2n) is 4.31. The van der Waals surface area contributed by atoms with E-state index in [0.29, 0.717) is 6.61 Å². The van der Waals surface area contributed by atoms with Gasteiger partial charge in [0.05, 0.1) is 0 Å². The smallest absolute Gasteiger partial charge is 0.171 e. The Kier molecular flexibility index (Phi) is 2.78. The van der Waals surface area contributed by atoms with Crippen LogP contribution in [0.1, 0.15) is 11.1 Å². The monoisotopic (exact) mass is 220 g/mol. The Bertz CT molecular complexity index is 375. The highest BCUT2D eigenvalue weighted by atomic mass is 17.2. The maximum Gasteiger partial charge on any atom is 0.171 e. The summed E-state index contributed by atoms with van der Waals surface area (Å²) in [4.78, 5) is 12.5. The van der Waals surface area contributed by atoms with Crippen LogP contribution in [-0.4, -0.2) is 31.1 Å². The van der Waals surface area contributed by atoms with Crippen molar-refractivity contribution in [1.82, 2.24) is 10.2 Å². The minimum Gasteiger partial charge on any atom is -0.337 e. The first-order valence-corrected chi connectivity index (χ1v) is 5.76. The first-order valence-electron chi connectivity index (χ1n) is 5.76. The van der Waals surface area contributed by atoms with Crippen molar-refractivity contribution in [1.29, 1.82) is 0 Å². The predicted octanol–water partition coefficient (Wildman–Crippen LogP) is 0.916. The van der Waals surface area contributed by atoms with Crippen LogP contribution in [0.3, 0.4) is 0 Å². The minimum atomic E-state index is 0.573. The molecule has 1 aromatic rings. The van der Waals surface area contributed by atoms with Crippen molar-refractivity contribution in [2.24, 2.45) is 0 Å². The zero-order valence-electron chi connectivity index (χ0n) is 9.24. The fourth-order valence-electron chi connectivity index (χ4n) is 2.18. The molecular weight excluding hydrogens is 204 g/mol. The minimum absolute atomic E-state index is 0.573. The Morgan fingerprint density at radius 3 is 3.00 bits per heavy atom. The largest absolute Gasteiger partial charge is 0.337 e. The van der Waals surface area contributed by atoms with Crippen LogP contribution in [0.25, 0.3) is 0 Å². The molecule has 0 unspecified atom stereocenters. The average molecular weight is 220 g/mol. The summed E-state index contributed by atoms with van der Waals surface area (Å²) < 4.78 is 0. The summed E-state index contributed by atoms with van der Waals surface area (Å²) in [5, 5.41) is 3.36. The Hall–Kier alpha value is -1.10. The molecule has 3 rings (SSSR count). The third-order valence-electron chi connectivity index (χ3n) is 3.11. The summed E-state index contributed by atoms with van der Waals surface area (Å²) in [6.07, 6.45) is 0. The van der Waals surface area contributed by atoms with Gasteiger partial charge in [0.2, 0.25) is 0 Å². The molecule has 0 saturated carbocycles. The van der Waals surface area contributed by atoms with Crippen LogP contribution in [0.2, 0.25) is 0 Å². The van der Waals surface area contributed by atoms with E-state index in [1.54, 1.807) is 0 Å². The van der Waals surface area contributed by atoms with Crippen molar-refractivity contribution in [2.75, 3.05) is 26.2 Å². The SMILES string of the molecule is c1cc2c(cc1CN1CCNCC1)OOC2. The predicted molar refractivity (Wildman–Crippen MR) is 60.0 cm³/mol. The number of nitrogens with one attached hydrogen (secondary N) is 1. The average Bonchev–Trinajstić information content (AvgIpc) is 2.77. The molecule has 0 spiro atoms. The van der Waals surface area contributed by atoms with Gasteiger partial charge in [0.1, 0.15) is 6.61 Å². The van der Waals surface area contributed by atoms with Gasteiger partial charge >= 0.3 is 0 Å². The highest BCUT2D eigenvalue weighted by molar-refractivity contribution is 5.38. The Morgan fingerprint density at radius 2 is 2.12 bits per heavy atom. The molecule has 16 heavy (non-hydrogen) atoms. The normalized spacial score (nSPS) is 20.5. The van der Waals surface area contributed by atoms with Gasteiger partial charge in [-0.05, 0) is 11.6 Å². The molecule has 86 valence electrons. The molecular formula is C12H16N2O2. The molecule has 2 aliphatic heterocycles. The van der Waals surface area contributed by atoms with E-state index in [9.17, 15) is 0 Å². The Labute approximate surface area is 95.1 Å². The van der Waals surface area contributed by atoms with Gasteiger partial charge in [0.15, 0.2) is 5.75 Å². The van der Waals surface area contributed by atoms with E-state index < -0.39 is 0 Å². The van der Waals surface area contributed by atoms with Gasteiger partial charge < -0.3 is 10.2 Å². The van der Waals surface area contributed by atoms with Crippen LogP contribution in [0.4, 0.5) is 0 Å². The van der Waals surface area contributed by atoms with Crippen LogP contribution in [0.15, 0.2) is 18.2 Å². The van der Waals surface area contributed by atoms with Crippen molar-refractivity contribution in [3.8, 4) is 5.75 Å². The number of piperazine rings is 1. The second-order valence-corrected chi connectivity index (χ2v) is 4.31. The third kappa shape index (κ3) is 2.04. The standard InChI is InChI=1S/C12H16N2O2/c1-2-11-9-15-16-12(11)7-10(1)8-14-5-3-13-4-6-14/h1-2,7,13H,3-6,8-9H2. The van der Waals surface area contributed by atoms with Gasteiger partial charge in [0, 0.05) is 38.3 Å². The topological polar surface area (TPSA) is 33.7 Å². The van der Waals surface area contributed by atoms with Crippen LogP contribution in [0.5, 0.6) is 5.75 Å². The lowest BCUT2D eigenvalue weighted by molar-refractivity contribution is -0.194. The van der Waals surface area contributed by atoms with Crippen LogP contribution < -0.4 is 10.2 Å². The van der Waals surface area contributed by atoms with Gasteiger partial charge in [-0.3, -0.25) is 4.90 Å². The lowest BCUT2D eigenvalue weighted by atomic mass is 10.1. The maximum atomic E-state index is 5.10. The number of rotatable bonds is 2. The van der Waals surface area contributed by atoms with Gasteiger partial charge in [0.25, 0.3) is 0 Å². The molecule has 1 fully saturated rings. The van der Waals surface area contributed by atoms with Crippen molar-refractivity contribution in [3.63, 3.8) is 0 Å². The molecule has 0 atom stereocenters. The quantitative estimate of drug-likeness (QED) is 0.751. The van der Waals surface area contributed by atoms with E-state index in [4.69, 9.17) is 9.78 Å². The molecule has 0 aromatic heterocycles. The summed E-state index contributed by atoms with van der Waals surface area (Å²) in [6.45, 7) is 5.99. The molecule has 0 radical (unpaired) electrons. The highest BCUT2D eigenvalue weighted by Crippen LogP contribution is 2.27. The second kappa shape index (κ2) is 4.41. The Morgan fingerprint density at radius 1 is 1.25 bits per heavy atom. The highest BCUT2D eigenvalue weighted by Gasteiger charge is 2.15. The number of hydrogen-bond donors (Lipinski definition) is 1. The first-order chi connectivity index (χ1) is 7.92. The van der Waals surface area contributed by atoms with Crippen molar-refractivity contribution < 1.29 is 9.78 Å². The van der Waals surface area contributed by atoms with Gasteiger partial charge in [-0.2, -0.15) is 4.89 Å². The van der Waals surface area contributed by atoms with E-state index in [2.05, 4.69) is 28.4 Å². The van der Waals surface area contributed by atoms with Crippen molar-refractivity contribution >= 4 is 0 Å². The number of fused-ring (bicyclic) bond motifs is 1. The molecule has 0 bridgehead atoms. The fraction of sp³-hybridized carbons (Fsp3) is 0.500. The van der Waals surface area contributed by atoms with E-state index in [1.807, 2.05) is 0 Å². The zero-order valence-corrected chi connectivity index (χ0v) is 9.24. The number of hydrogen-bond acceptors (Lipinski definition) is 4. The van der Waals surface area contributed by atoms with E-state index in [-0.39, 0.29) is 0 Å². The van der Waals surface area contributed by atoms with E-state index in [0.717, 1.165) is 44.0 Å². The first kappa shape index (κ1) is 10.1. The summed E-state index contributed by atoms with van der Waals surface area (Å²) in [7, 11) is 0. The molecule has 0 amide bonds. The van der Waals surface area contributed by atoms with Gasteiger partial charge in [-0.15, -0.1) is 0 Å². The van der Waals surface area contributed by atoms with Crippen LogP contribution >= 0.6 is 0 Å². The summed E-state index contributed by atoms with van der Waals surface area (Å²) >= 11 is 0. The number of nitrogens with zero attached hydrogens (tertiary/aromatic N) is 1. The van der Waals surface area contributed by atoms with Crippen molar-refractivity contribution in [3.05, 3.63) is 29.3 Å². The summed E-state index contributed by atoms with van der Waals surface area (Å²) in [5.74, 6) is 0.882. The molecule has 0 aliphatic carbocycles. The van der Waals surface area contributed by atoms with Gasteiger partial charge in [-0.1, -0.05) is 12.1 Å². The maximum absolute atomic E-state index is 5.10. The lowest BCUT2D eigenvalue weighted by Crippen LogP contribution is -2.42. The Balaban J connectivity index is 1.69. The molecule has 1 saturated heterocycles. The fourth-order valence-corrected chi connectivity index (χ4v) is 2.18. The molecule has 1 aromatic carbocycles. The van der Waals surface area contributed by atoms with E-state index in [1.165, 1.54) is 5.56 Å². The third-order valence-corrected chi connectivity index (χ3v) is 3.11. The summed E-state index contributed by atoms with van der Waals surface area (Å²) in [5.41, 5.74) is 2.44. The molecule has 4 heteroatoms. The lowest BCUT2D eigenvalue weighted by Gasteiger charge is -2.27. The zero-order chi connectivity index (χ0) is 10.8. The van der Waals surface area contributed by atoms with Crippen molar-refractivity contribution in [2.45, 2.75) is 13.2 Å².